The van der Waals surface area contributed by atoms with Crippen LogP contribution < -0.4 is 21.3 Å². The van der Waals surface area contributed by atoms with E-state index in [4.69, 9.17) is 9.47 Å². The van der Waals surface area contributed by atoms with E-state index in [1.807, 2.05) is 72.8 Å². The Bertz CT molecular complexity index is 2830. The zero-order valence-electron chi connectivity index (χ0n) is 48.2. The Kier molecular flexibility index (Phi) is 25.6. The second-order valence-electron chi connectivity index (χ2n) is 21.0. The van der Waals surface area contributed by atoms with Crippen molar-refractivity contribution in [2.75, 3.05) is 66.6 Å². The third-order valence-electron chi connectivity index (χ3n) is 15.1. The van der Waals surface area contributed by atoms with Crippen molar-refractivity contribution in [2.45, 2.75) is 126 Å². The number of rotatable bonds is 30. The third kappa shape index (κ3) is 19.6. The summed E-state index contributed by atoms with van der Waals surface area (Å²) in [5.74, 6) is 9.16. The monoisotopic (exact) mass is 1160 g/mol. The molecule has 6 rings (SSSR count). The van der Waals surface area contributed by atoms with E-state index in [0.29, 0.717) is 62.7 Å². The van der Waals surface area contributed by atoms with Crippen molar-refractivity contribution in [1.82, 2.24) is 39.7 Å². The van der Waals surface area contributed by atoms with Crippen molar-refractivity contribution in [3.63, 3.8) is 0 Å². The Labute approximate surface area is 486 Å². The van der Waals surface area contributed by atoms with Crippen LogP contribution in [0.25, 0.3) is 0 Å². The molecule has 4 aromatic rings. The summed E-state index contributed by atoms with van der Waals surface area (Å²) in [4.78, 5) is 59.2. The molecule has 4 aromatic carbocycles. The molecule has 2 fully saturated rings. The summed E-state index contributed by atoms with van der Waals surface area (Å²) in [6.07, 6.45) is 1.70. The van der Waals surface area contributed by atoms with Gasteiger partial charge in [0.05, 0.1) is 35.8 Å². The summed E-state index contributed by atoms with van der Waals surface area (Å²) >= 11 is 0. The Morgan fingerprint density at radius 1 is 0.537 bits per heavy atom. The van der Waals surface area contributed by atoms with Crippen LogP contribution in [0.4, 0.5) is 0 Å². The smallest absolute Gasteiger partial charge is 0.248 e. The first kappa shape index (κ1) is 64.7. The van der Waals surface area contributed by atoms with Gasteiger partial charge in [-0.3, -0.25) is 19.2 Å². The van der Waals surface area contributed by atoms with Crippen LogP contribution in [0, 0.1) is 23.7 Å². The van der Waals surface area contributed by atoms with Crippen LogP contribution in [0.15, 0.2) is 121 Å². The van der Waals surface area contributed by atoms with Gasteiger partial charge in [0.15, 0.2) is 0 Å². The second kappa shape index (κ2) is 32.4. The number of carbonyl (C=O) groups is 4. The van der Waals surface area contributed by atoms with Crippen molar-refractivity contribution in [3.05, 3.63) is 144 Å². The minimum Gasteiger partial charge on any atom is -0.363 e. The van der Waals surface area contributed by atoms with E-state index >= 15 is 0 Å². The fourth-order valence-corrected chi connectivity index (χ4v) is 13.1. The Balaban J connectivity index is 1.09. The molecule has 0 unspecified atom stereocenters. The van der Waals surface area contributed by atoms with Crippen LogP contribution in [-0.2, 0) is 73.0 Å². The molecule has 4 N–H and O–H groups in total. The molecule has 2 saturated heterocycles. The number of benzene rings is 4. The molecule has 20 heteroatoms. The van der Waals surface area contributed by atoms with Gasteiger partial charge >= 0.3 is 0 Å². The maximum absolute atomic E-state index is 14.6. The lowest BCUT2D eigenvalue weighted by Gasteiger charge is -2.34. The van der Waals surface area contributed by atoms with Gasteiger partial charge in [0, 0.05) is 51.4 Å². The minimum atomic E-state index is -3.81. The van der Waals surface area contributed by atoms with E-state index in [9.17, 15) is 36.0 Å². The SMILES string of the molecule is CN[C@@H](C)C(=O)N[C@H](C(=O)N1CCC[C@H]1CN(CCc1ccccc1)S(=O)(=O)Cc1ccccc1)[C@@H](C)OCC#CC#CCO[C@H](C)[C@H](NC(=O)[C@@H](C)NC)C(=O)N1CCC[C@H]1CN(CCc1ccccc1)S(=O)(=O)Cc1ccccc1. The van der Waals surface area contributed by atoms with Crippen molar-refractivity contribution < 1.29 is 45.5 Å². The number of nitrogens with zero attached hydrogens (tertiary/aromatic N) is 4. The van der Waals surface area contributed by atoms with Gasteiger partial charge in [0.25, 0.3) is 0 Å². The van der Waals surface area contributed by atoms with Crippen LogP contribution >= 0.6 is 0 Å². The molecule has 82 heavy (non-hydrogen) atoms. The number of likely N-dealkylation sites (N-methyl/N-ethyl adjacent to an activating group) is 2. The largest absolute Gasteiger partial charge is 0.363 e. The van der Waals surface area contributed by atoms with Gasteiger partial charge in [0.2, 0.25) is 43.7 Å². The highest BCUT2D eigenvalue weighted by atomic mass is 32.2. The number of nitrogens with one attached hydrogen (secondary N) is 4. The molecular formula is C62H82N8O10S2. The third-order valence-corrected chi connectivity index (χ3v) is 18.7. The molecule has 442 valence electrons. The summed E-state index contributed by atoms with van der Waals surface area (Å²) in [5.41, 5.74) is 3.30. The lowest BCUT2D eigenvalue weighted by atomic mass is 10.1. The second-order valence-corrected chi connectivity index (χ2v) is 24.9. The van der Waals surface area contributed by atoms with Gasteiger partial charge in [-0.25, -0.2) is 16.8 Å². The van der Waals surface area contributed by atoms with Crippen molar-refractivity contribution >= 4 is 43.7 Å². The van der Waals surface area contributed by atoms with Crippen LogP contribution in [0.5, 0.6) is 0 Å². The van der Waals surface area contributed by atoms with Gasteiger partial charge in [-0.2, -0.15) is 8.61 Å². The maximum atomic E-state index is 14.6. The van der Waals surface area contributed by atoms with Gasteiger partial charge < -0.3 is 40.5 Å². The minimum absolute atomic E-state index is 0.0855. The van der Waals surface area contributed by atoms with E-state index in [0.717, 1.165) is 11.1 Å². The molecule has 0 spiro atoms. The first-order chi connectivity index (χ1) is 39.4. The highest BCUT2D eigenvalue weighted by Gasteiger charge is 2.41. The Morgan fingerprint density at radius 3 is 1.20 bits per heavy atom. The summed E-state index contributed by atoms with van der Waals surface area (Å²) in [6, 6.07) is 32.9. The quantitative estimate of drug-likeness (QED) is 0.0543. The molecule has 2 heterocycles. The zero-order valence-corrected chi connectivity index (χ0v) is 49.8. The zero-order chi connectivity index (χ0) is 59.1. The Morgan fingerprint density at radius 2 is 0.866 bits per heavy atom. The molecule has 8 atom stereocenters. The fourth-order valence-electron chi connectivity index (χ4n) is 9.97. The molecule has 0 radical (unpaired) electrons. The number of ether oxygens (including phenoxy) is 2. The number of hydrogen-bond donors (Lipinski definition) is 4. The molecular weight excluding hydrogens is 1080 g/mol. The fraction of sp³-hybridized carbons (Fsp3) is 0.484. The van der Waals surface area contributed by atoms with E-state index in [2.05, 4.69) is 44.9 Å². The lowest BCUT2D eigenvalue weighted by Crippen LogP contribution is -2.58. The standard InChI is InChI=1S/C62H82N8O10S2/c1-47(63-5)59(71)65-57(61(73)69-37-23-33-55(69)43-67(39-35-51-25-13-9-14-26-51)81(75,76)45-53-29-17-11-18-30-53)49(3)79-41-21-7-8-22-42-80-50(4)58(66-60(72)48(2)64-6)62(74)70-38-24-34-56(70)44-68(40-36-52-27-15-10-16-28-52)82(77,78)46-54-31-19-12-20-32-54/h9-20,25-32,47-50,55-58,63-64H,23-24,33-46H2,1-6H3,(H,65,71)(H,66,72)/t47-,48+,49-,50-,55+,56+,57+,58+/m1/s1. The van der Waals surface area contributed by atoms with Gasteiger partial charge in [0.1, 0.15) is 25.3 Å². The molecule has 2 aliphatic heterocycles. The summed E-state index contributed by atoms with van der Waals surface area (Å²) < 4.78 is 71.6. The van der Waals surface area contributed by atoms with Crippen LogP contribution in [0.3, 0.4) is 0 Å². The van der Waals surface area contributed by atoms with Gasteiger partial charge in [-0.05, 0) is 114 Å². The maximum Gasteiger partial charge on any atom is 0.248 e. The van der Waals surface area contributed by atoms with E-state index < -0.39 is 92.1 Å². The van der Waals surface area contributed by atoms with Crippen molar-refractivity contribution in [2.24, 2.45) is 0 Å². The summed E-state index contributed by atoms with van der Waals surface area (Å²) in [7, 11) is -4.35. The number of sulfonamides is 2. The van der Waals surface area contributed by atoms with Crippen LogP contribution in [0.2, 0.25) is 0 Å². The molecule has 0 aromatic heterocycles. The average molecular weight is 1160 g/mol. The molecule has 0 bridgehead atoms. The predicted molar refractivity (Wildman–Crippen MR) is 318 cm³/mol. The van der Waals surface area contributed by atoms with E-state index in [-0.39, 0.29) is 50.9 Å². The normalized spacial score (nSPS) is 17.6. The molecule has 2 aliphatic rings. The van der Waals surface area contributed by atoms with Crippen LogP contribution in [0.1, 0.15) is 75.6 Å². The number of carbonyl (C=O) groups excluding carboxylic acids is 4. The first-order valence-electron chi connectivity index (χ1n) is 28.3. The molecule has 18 nitrogen and oxygen atoms in total. The van der Waals surface area contributed by atoms with Crippen molar-refractivity contribution in [3.8, 4) is 23.7 Å². The van der Waals surface area contributed by atoms with Gasteiger partial charge in [-0.15, -0.1) is 0 Å². The summed E-state index contributed by atoms with van der Waals surface area (Å²) in [6.45, 7) is 7.75. The lowest BCUT2D eigenvalue weighted by molar-refractivity contribution is -0.141. The number of likely N-dealkylation sites (tertiary alicyclic amines) is 2. The average Bonchev–Trinajstić information content (AvgIpc) is 4.35. The van der Waals surface area contributed by atoms with Crippen molar-refractivity contribution in [1.29, 1.82) is 0 Å². The van der Waals surface area contributed by atoms with Crippen LogP contribution in [-0.4, -0.2) is 174 Å². The Hall–Kier alpha value is -6.46. The van der Waals surface area contributed by atoms with Gasteiger partial charge in [-0.1, -0.05) is 133 Å². The highest BCUT2D eigenvalue weighted by Crippen LogP contribution is 2.26. The summed E-state index contributed by atoms with van der Waals surface area (Å²) in [5, 5.41) is 11.6. The van der Waals surface area contributed by atoms with E-state index in [1.54, 1.807) is 100 Å². The predicted octanol–water partition coefficient (Wildman–Crippen LogP) is 4.12. The number of amides is 4. The highest BCUT2D eigenvalue weighted by molar-refractivity contribution is 7.88. The molecule has 4 amide bonds. The number of hydrogen-bond acceptors (Lipinski definition) is 12. The molecule has 0 saturated carbocycles. The first-order valence-corrected chi connectivity index (χ1v) is 31.5. The molecule has 0 aliphatic carbocycles. The van der Waals surface area contributed by atoms with E-state index in [1.165, 1.54) is 8.61 Å². The topological polar surface area (TPSA) is 216 Å².